The third-order valence-corrected chi connectivity index (χ3v) is 5.95. The monoisotopic (exact) mass is 498 g/mol. The number of aryl methyl sites for hydroxylation is 2. The molecule has 4 aromatic carbocycles. The smallest absolute Gasteiger partial charge is 0.190 e. The third-order valence-electron chi connectivity index (χ3n) is 5.95. The first-order valence-electron chi connectivity index (χ1n) is 12.1. The van der Waals surface area contributed by atoms with Gasteiger partial charge in [0.25, 0.3) is 0 Å². The van der Waals surface area contributed by atoms with E-state index in [4.69, 9.17) is 0 Å². The predicted octanol–water partition coefficient (Wildman–Crippen LogP) is 7.27. The van der Waals surface area contributed by atoms with E-state index in [9.17, 15) is 19.8 Å². The molecule has 0 aliphatic rings. The second kappa shape index (κ2) is 11.7. The zero-order chi connectivity index (χ0) is 27.1. The van der Waals surface area contributed by atoms with Gasteiger partial charge >= 0.3 is 0 Å². The number of carbonyl (C=O) groups excluding carboxylic acids is 2. The van der Waals surface area contributed by atoms with E-state index in [0.29, 0.717) is 33.4 Å². The van der Waals surface area contributed by atoms with Crippen LogP contribution in [0.25, 0.3) is 11.5 Å². The van der Waals surface area contributed by atoms with E-state index in [-0.39, 0.29) is 23.1 Å². The highest BCUT2D eigenvalue weighted by molar-refractivity contribution is 6.10. The molecule has 4 nitrogen and oxygen atoms in total. The van der Waals surface area contributed by atoms with Crippen LogP contribution in [0.2, 0.25) is 0 Å². The Morgan fingerprint density at radius 1 is 0.553 bits per heavy atom. The van der Waals surface area contributed by atoms with E-state index in [0.717, 1.165) is 11.1 Å². The lowest BCUT2D eigenvalue weighted by molar-refractivity contribution is 0.103. The molecule has 0 unspecified atom stereocenters. The van der Waals surface area contributed by atoms with Crippen LogP contribution in [-0.4, -0.2) is 21.8 Å². The Morgan fingerprint density at radius 3 is 1.26 bits per heavy atom. The Hall–Kier alpha value is -5.14. The fourth-order valence-electron chi connectivity index (χ4n) is 3.77. The van der Waals surface area contributed by atoms with Gasteiger partial charge in [0.05, 0.1) is 0 Å². The fourth-order valence-corrected chi connectivity index (χ4v) is 3.77. The maximum Gasteiger partial charge on any atom is 0.190 e. The summed E-state index contributed by atoms with van der Waals surface area (Å²) >= 11 is 0. The summed E-state index contributed by atoms with van der Waals surface area (Å²) in [6.07, 6.45) is 2.36. The molecule has 0 aliphatic heterocycles. The van der Waals surface area contributed by atoms with Crippen LogP contribution >= 0.6 is 0 Å². The van der Waals surface area contributed by atoms with Gasteiger partial charge in [-0.25, -0.2) is 0 Å². The molecule has 4 heteroatoms. The molecular weight excluding hydrogens is 472 g/mol. The van der Waals surface area contributed by atoms with E-state index < -0.39 is 0 Å². The van der Waals surface area contributed by atoms with E-state index in [1.807, 2.05) is 38.1 Å². The van der Waals surface area contributed by atoms with Crippen molar-refractivity contribution in [2.24, 2.45) is 0 Å². The average molecular weight is 499 g/mol. The van der Waals surface area contributed by atoms with Gasteiger partial charge in [0.15, 0.2) is 11.6 Å². The molecule has 0 bridgehead atoms. The number of hydrogen-bond acceptors (Lipinski definition) is 4. The van der Waals surface area contributed by atoms with Crippen molar-refractivity contribution in [1.29, 1.82) is 0 Å². The standard InChI is InChI=1S/C34H26O4/c1-23-11-15-27(16-12-23)31(35)21-33(37)29-9-5-3-7-25(29)19-20-26-8-4-6-10-30(26)34(38)22-32(36)28-17-13-24(2)14-18-28/h3-18,21-22,35-36H,1-2H3/b31-21-,32-22-. The van der Waals surface area contributed by atoms with Crippen LogP contribution in [0.4, 0.5) is 0 Å². The largest absolute Gasteiger partial charge is 0.507 e. The number of aliphatic hydroxyl groups is 2. The van der Waals surface area contributed by atoms with Gasteiger partial charge in [-0.05, 0) is 38.1 Å². The normalized spacial score (nSPS) is 11.4. The van der Waals surface area contributed by atoms with Crippen LogP contribution in [0.15, 0.2) is 109 Å². The Labute approximate surface area is 222 Å². The van der Waals surface area contributed by atoms with E-state index >= 15 is 0 Å². The first-order valence-corrected chi connectivity index (χ1v) is 12.1. The van der Waals surface area contributed by atoms with Gasteiger partial charge in [0.1, 0.15) is 11.5 Å². The highest BCUT2D eigenvalue weighted by atomic mass is 16.3. The number of carbonyl (C=O) groups is 2. The van der Waals surface area contributed by atoms with Crippen LogP contribution < -0.4 is 0 Å². The quantitative estimate of drug-likeness (QED) is 0.127. The Morgan fingerprint density at radius 2 is 0.895 bits per heavy atom. The Bertz CT molecular complexity index is 1490. The van der Waals surface area contributed by atoms with Crippen molar-refractivity contribution in [2.45, 2.75) is 13.8 Å². The van der Waals surface area contributed by atoms with Gasteiger partial charge < -0.3 is 10.2 Å². The van der Waals surface area contributed by atoms with Crippen LogP contribution in [0.3, 0.4) is 0 Å². The molecule has 0 atom stereocenters. The summed E-state index contributed by atoms with van der Waals surface area (Å²) < 4.78 is 0. The maximum atomic E-state index is 13.0. The first kappa shape index (κ1) is 25.9. The molecule has 4 aromatic rings. The van der Waals surface area contributed by atoms with Gasteiger partial charge in [-0.1, -0.05) is 95.8 Å². The van der Waals surface area contributed by atoms with Gasteiger partial charge in [-0.3, -0.25) is 9.59 Å². The Kier molecular flexibility index (Phi) is 8.01. The maximum absolute atomic E-state index is 13.0. The third kappa shape index (κ3) is 6.34. The summed E-state index contributed by atoms with van der Waals surface area (Å²) in [6.45, 7) is 3.89. The second-order valence-corrected chi connectivity index (χ2v) is 8.86. The summed E-state index contributed by atoms with van der Waals surface area (Å²) in [5.41, 5.74) is 4.78. The number of rotatable bonds is 6. The summed E-state index contributed by atoms with van der Waals surface area (Å²) in [7, 11) is 0. The lowest BCUT2D eigenvalue weighted by Crippen LogP contribution is -2.01. The van der Waals surface area contributed by atoms with Gasteiger partial charge in [0, 0.05) is 45.5 Å². The molecule has 186 valence electrons. The van der Waals surface area contributed by atoms with Gasteiger partial charge in [0.2, 0.25) is 0 Å². The molecule has 0 fully saturated rings. The summed E-state index contributed by atoms with van der Waals surface area (Å²) in [5.74, 6) is 4.97. The topological polar surface area (TPSA) is 74.6 Å². The molecule has 0 saturated carbocycles. The van der Waals surface area contributed by atoms with Gasteiger partial charge in [-0.15, -0.1) is 0 Å². The SMILES string of the molecule is Cc1ccc(/C(O)=C/C(=O)c2ccccc2C#Cc2ccccc2C(=O)/C=C(\O)c2ccc(C)cc2)cc1. The molecular formula is C34H26O4. The molecule has 4 rings (SSSR count). The molecule has 38 heavy (non-hydrogen) atoms. The van der Waals surface area contributed by atoms with Crippen molar-refractivity contribution >= 4 is 23.1 Å². The van der Waals surface area contributed by atoms with E-state index in [1.165, 1.54) is 12.2 Å². The highest BCUT2D eigenvalue weighted by Crippen LogP contribution is 2.18. The first-order chi connectivity index (χ1) is 18.3. The highest BCUT2D eigenvalue weighted by Gasteiger charge is 2.12. The van der Waals surface area contributed by atoms with Crippen molar-refractivity contribution in [3.05, 3.63) is 154 Å². The van der Waals surface area contributed by atoms with Crippen molar-refractivity contribution in [3.8, 4) is 11.8 Å². The molecule has 0 aromatic heterocycles. The van der Waals surface area contributed by atoms with Crippen molar-refractivity contribution < 1.29 is 19.8 Å². The zero-order valence-corrected chi connectivity index (χ0v) is 21.1. The number of ketones is 2. The lowest BCUT2D eigenvalue weighted by atomic mass is 9.99. The van der Waals surface area contributed by atoms with Crippen molar-refractivity contribution in [1.82, 2.24) is 0 Å². The molecule has 2 N–H and O–H groups in total. The minimum absolute atomic E-state index is 0.131. The van der Waals surface area contributed by atoms with E-state index in [2.05, 4.69) is 11.8 Å². The molecule has 0 heterocycles. The van der Waals surface area contributed by atoms with Crippen LogP contribution in [0.5, 0.6) is 0 Å². The second-order valence-electron chi connectivity index (χ2n) is 8.86. The van der Waals surface area contributed by atoms with Crippen LogP contribution in [0, 0.1) is 25.7 Å². The number of aliphatic hydroxyl groups excluding tert-OH is 2. The number of allylic oxidation sites excluding steroid dienone is 2. The molecule has 0 amide bonds. The van der Waals surface area contributed by atoms with Crippen LogP contribution in [-0.2, 0) is 0 Å². The van der Waals surface area contributed by atoms with Crippen molar-refractivity contribution in [2.75, 3.05) is 0 Å². The number of benzene rings is 4. The molecule has 0 saturated heterocycles. The predicted molar refractivity (Wildman–Crippen MR) is 151 cm³/mol. The summed E-state index contributed by atoms with van der Waals surface area (Å²) in [6, 6.07) is 28.1. The fraction of sp³-hybridized carbons (Fsp3) is 0.0588. The summed E-state index contributed by atoms with van der Waals surface area (Å²) in [5, 5.41) is 20.9. The zero-order valence-electron chi connectivity index (χ0n) is 21.1. The lowest BCUT2D eigenvalue weighted by Gasteiger charge is -2.04. The minimum atomic E-state index is -0.386. The molecule has 0 radical (unpaired) electrons. The average Bonchev–Trinajstić information content (AvgIpc) is 2.92. The van der Waals surface area contributed by atoms with Gasteiger partial charge in [-0.2, -0.15) is 0 Å². The van der Waals surface area contributed by atoms with Crippen LogP contribution in [0.1, 0.15) is 54.1 Å². The minimum Gasteiger partial charge on any atom is -0.507 e. The Balaban J connectivity index is 1.62. The van der Waals surface area contributed by atoms with E-state index in [1.54, 1.807) is 72.8 Å². The molecule has 0 aliphatic carbocycles. The van der Waals surface area contributed by atoms with Crippen molar-refractivity contribution in [3.63, 3.8) is 0 Å². The summed E-state index contributed by atoms with van der Waals surface area (Å²) in [4.78, 5) is 26.0. The molecule has 0 spiro atoms. The number of hydrogen-bond donors (Lipinski definition) is 2.